The Morgan fingerprint density at radius 2 is 1.82 bits per heavy atom. The number of rotatable bonds is 2. The third-order valence-electron chi connectivity index (χ3n) is 1.70. The molecule has 8 heteroatoms. The van der Waals surface area contributed by atoms with E-state index in [1.165, 1.54) is 19.2 Å². The number of benzene rings is 1. The average Bonchev–Trinajstić information content (AvgIpc) is 2.21. The van der Waals surface area contributed by atoms with Gasteiger partial charge in [0.05, 0.1) is 22.8 Å². The van der Waals surface area contributed by atoms with Crippen molar-refractivity contribution in [2.45, 2.75) is 0 Å². The molecule has 0 radical (unpaired) electrons. The van der Waals surface area contributed by atoms with E-state index in [1.54, 1.807) is 0 Å². The zero-order valence-corrected chi connectivity index (χ0v) is 10.5. The van der Waals surface area contributed by atoms with Crippen molar-refractivity contribution < 1.29 is 4.74 Å². The van der Waals surface area contributed by atoms with Gasteiger partial charge >= 0.3 is 0 Å². The number of hydrogen-bond donors (Lipinski definition) is 3. The topological polar surface area (TPSA) is 112 Å². The summed E-state index contributed by atoms with van der Waals surface area (Å²) in [6, 6.07) is 3.02. The maximum atomic E-state index is 5.95. The molecule has 0 saturated carbocycles. The van der Waals surface area contributed by atoms with Crippen LogP contribution < -0.4 is 21.9 Å². The molecule has 0 amide bonds. The normalized spacial score (nSPS) is 11.1. The van der Waals surface area contributed by atoms with Crippen molar-refractivity contribution in [3.63, 3.8) is 0 Å². The van der Waals surface area contributed by atoms with Crippen molar-refractivity contribution in [1.29, 1.82) is 0 Å². The van der Waals surface area contributed by atoms with Crippen molar-refractivity contribution in [2.24, 2.45) is 27.2 Å². The van der Waals surface area contributed by atoms with Gasteiger partial charge in [0.15, 0.2) is 5.96 Å². The van der Waals surface area contributed by atoms with Crippen LogP contribution in [0.5, 0.6) is 5.75 Å². The minimum Gasteiger partial charge on any atom is -0.495 e. The van der Waals surface area contributed by atoms with Crippen LogP contribution >= 0.6 is 23.2 Å². The predicted molar refractivity (Wildman–Crippen MR) is 70.1 cm³/mol. The minimum absolute atomic E-state index is 0.117. The number of hydrogen-bond acceptors (Lipinski definition) is 2. The van der Waals surface area contributed by atoms with E-state index in [1.807, 2.05) is 0 Å². The summed E-state index contributed by atoms with van der Waals surface area (Å²) in [6.07, 6.45) is 0. The van der Waals surface area contributed by atoms with Gasteiger partial charge in [-0.2, -0.15) is 4.99 Å². The molecule has 0 fully saturated rings. The Morgan fingerprint density at radius 3 is 2.35 bits per heavy atom. The maximum absolute atomic E-state index is 5.95. The molecule has 0 unspecified atom stereocenters. The van der Waals surface area contributed by atoms with Crippen LogP contribution in [0.25, 0.3) is 0 Å². The third-order valence-corrected chi connectivity index (χ3v) is 2.30. The van der Waals surface area contributed by atoms with Crippen LogP contribution in [0.3, 0.4) is 0 Å². The molecule has 0 aliphatic heterocycles. The number of halogens is 2. The lowest BCUT2D eigenvalue weighted by Crippen LogP contribution is -2.26. The first-order valence-corrected chi connectivity index (χ1v) is 5.16. The maximum Gasteiger partial charge on any atom is 0.223 e. The average molecular weight is 276 g/mol. The van der Waals surface area contributed by atoms with E-state index in [9.17, 15) is 0 Å². The van der Waals surface area contributed by atoms with Gasteiger partial charge in [0, 0.05) is 6.07 Å². The van der Waals surface area contributed by atoms with Gasteiger partial charge in [0.2, 0.25) is 5.96 Å². The minimum atomic E-state index is -0.193. The summed E-state index contributed by atoms with van der Waals surface area (Å²) in [5.74, 6) is 0.131. The Labute approximate surface area is 108 Å². The van der Waals surface area contributed by atoms with Gasteiger partial charge in [-0.1, -0.05) is 23.2 Å². The van der Waals surface area contributed by atoms with Crippen LogP contribution in [0.1, 0.15) is 0 Å². The van der Waals surface area contributed by atoms with Crippen molar-refractivity contribution in [2.75, 3.05) is 7.11 Å². The van der Waals surface area contributed by atoms with Crippen molar-refractivity contribution in [3.05, 3.63) is 22.2 Å². The fourth-order valence-corrected chi connectivity index (χ4v) is 1.47. The van der Waals surface area contributed by atoms with Crippen molar-refractivity contribution in [3.8, 4) is 5.75 Å². The monoisotopic (exact) mass is 275 g/mol. The SMILES string of the molecule is COc1cc(Cl)c(N=C(N)N=C(N)N)cc1Cl. The van der Waals surface area contributed by atoms with E-state index in [0.717, 1.165) is 0 Å². The van der Waals surface area contributed by atoms with E-state index in [0.29, 0.717) is 21.5 Å². The largest absolute Gasteiger partial charge is 0.495 e. The molecular formula is C9H11Cl2N5O. The highest BCUT2D eigenvalue weighted by Crippen LogP contribution is 2.35. The highest BCUT2D eigenvalue weighted by Gasteiger charge is 2.07. The van der Waals surface area contributed by atoms with E-state index >= 15 is 0 Å². The zero-order valence-electron chi connectivity index (χ0n) is 8.95. The Bertz CT molecular complexity index is 483. The fourth-order valence-electron chi connectivity index (χ4n) is 1.04. The van der Waals surface area contributed by atoms with E-state index in [-0.39, 0.29) is 11.9 Å². The molecule has 0 aliphatic carbocycles. The summed E-state index contributed by atoms with van der Waals surface area (Å²) >= 11 is 11.9. The zero-order chi connectivity index (χ0) is 13.0. The smallest absolute Gasteiger partial charge is 0.223 e. The predicted octanol–water partition coefficient (Wildman–Crippen LogP) is 1.22. The highest BCUT2D eigenvalue weighted by molar-refractivity contribution is 6.36. The summed E-state index contributed by atoms with van der Waals surface area (Å²) < 4.78 is 4.99. The third kappa shape index (κ3) is 3.69. The quantitative estimate of drug-likeness (QED) is 0.556. The molecule has 1 rings (SSSR count). The van der Waals surface area contributed by atoms with Gasteiger partial charge in [-0.25, -0.2) is 4.99 Å². The number of methoxy groups -OCH3 is 1. The fraction of sp³-hybridized carbons (Fsp3) is 0.111. The van der Waals surface area contributed by atoms with Crippen LogP contribution in [0.4, 0.5) is 5.69 Å². The number of nitrogens with zero attached hydrogens (tertiary/aromatic N) is 2. The number of ether oxygens (including phenoxy) is 1. The molecule has 1 aromatic rings. The van der Waals surface area contributed by atoms with Crippen LogP contribution in [0, 0.1) is 0 Å². The molecule has 0 aromatic heterocycles. The van der Waals surface area contributed by atoms with Gasteiger partial charge in [-0.15, -0.1) is 0 Å². The molecule has 17 heavy (non-hydrogen) atoms. The van der Waals surface area contributed by atoms with Crippen LogP contribution in [0.2, 0.25) is 10.0 Å². The summed E-state index contributed by atoms with van der Waals surface area (Å²) in [6.45, 7) is 0. The van der Waals surface area contributed by atoms with Crippen molar-refractivity contribution in [1.82, 2.24) is 0 Å². The summed E-state index contributed by atoms with van der Waals surface area (Å²) in [5, 5.41) is 0.674. The number of nitrogens with two attached hydrogens (primary N) is 3. The summed E-state index contributed by atoms with van der Waals surface area (Å²) in [5.41, 5.74) is 16.1. The number of guanidine groups is 2. The standard InChI is InChI=1S/C9H11Cl2N5O/c1-17-7-3-4(10)6(2-5(7)11)15-9(14)16-8(12)13/h2-3H,1H3,(H6,12,13,14,15,16). The van der Waals surface area contributed by atoms with Crippen LogP contribution in [-0.4, -0.2) is 19.0 Å². The summed E-state index contributed by atoms with van der Waals surface area (Å²) in [7, 11) is 1.48. The molecular weight excluding hydrogens is 265 g/mol. The first-order valence-electron chi connectivity index (χ1n) is 4.41. The molecule has 1 aromatic carbocycles. The number of aliphatic imine (C=N–C) groups is 2. The molecule has 0 spiro atoms. The molecule has 0 atom stereocenters. The van der Waals surface area contributed by atoms with Gasteiger partial charge in [-0.3, -0.25) is 0 Å². The second-order valence-electron chi connectivity index (χ2n) is 2.94. The van der Waals surface area contributed by atoms with Gasteiger partial charge in [-0.05, 0) is 6.07 Å². The molecule has 6 N–H and O–H groups in total. The molecule has 92 valence electrons. The second kappa shape index (κ2) is 5.60. The first kappa shape index (κ1) is 13.4. The highest BCUT2D eigenvalue weighted by atomic mass is 35.5. The Kier molecular flexibility index (Phi) is 4.42. The Morgan fingerprint density at radius 1 is 1.18 bits per heavy atom. The molecule has 0 heterocycles. The van der Waals surface area contributed by atoms with Gasteiger partial charge < -0.3 is 21.9 Å². The lowest BCUT2D eigenvalue weighted by Gasteiger charge is -2.05. The Balaban J connectivity index is 3.16. The van der Waals surface area contributed by atoms with Gasteiger partial charge in [0.25, 0.3) is 0 Å². The van der Waals surface area contributed by atoms with Gasteiger partial charge in [0.1, 0.15) is 5.75 Å². The Hall–Kier alpha value is -1.66. The molecule has 0 aliphatic rings. The van der Waals surface area contributed by atoms with E-state index < -0.39 is 0 Å². The summed E-state index contributed by atoms with van der Waals surface area (Å²) in [4.78, 5) is 7.46. The van der Waals surface area contributed by atoms with Crippen molar-refractivity contribution >= 4 is 40.8 Å². The lowest BCUT2D eigenvalue weighted by atomic mass is 10.3. The van der Waals surface area contributed by atoms with E-state index in [4.69, 9.17) is 45.1 Å². The molecule has 6 nitrogen and oxygen atoms in total. The second-order valence-corrected chi connectivity index (χ2v) is 3.76. The van der Waals surface area contributed by atoms with Crippen LogP contribution in [0.15, 0.2) is 22.1 Å². The first-order chi connectivity index (χ1) is 7.93. The molecule has 0 saturated heterocycles. The lowest BCUT2D eigenvalue weighted by molar-refractivity contribution is 0.415. The molecule has 0 bridgehead atoms. The van der Waals surface area contributed by atoms with Crippen LogP contribution in [-0.2, 0) is 0 Å². The van der Waals surface area contributed by atoms with E-state index in [2.05, 4.69) is 9.98 Å².